The number of amides is 1. The average molecular weight is 235 g/mol. The molecule has 0 radical (unpaired) electrons. The first-order chi connectivity index (χ1) is 8.25. The molecule has 4 nitrogen and oxygen atoms in total. The predicted octanol–water partition coefficient (Wildman–Crippen LogP) is 1.68. The molecule has 0 heterocycles. The lowest BCUT2D eigenvalue weighted by atomic mass is 9.82. The minimum absolute atomic E-state index is 0.194. The Labute approximate surface area is 101 Å². The van der Waals surface area contributed by atoms with E-state index in [4.69, 9.17) is 4.74 Å². The zero-order valence-electron chi connectivity index (χ0n) is 9.63. The quantitative estimate of drug-likeness (QED) is 0.834. The van der Waals surface area contributed by atoms with Crippen molar-refractivity contribution in [2.24, 2.45) is 5.92 Å². The third kappa shape index (κ3) is 3.46. The van der Waals surface area contributed by atoms with Gasteiger partial charge in [-0.3, -0.25) is 0 Å². The van der Waals surface area contributed by atoms with E-state index >= 15 is 0 Å². The summed E-state index contributed by atoms with van der Waals surface area (Å²) in [6, 6.07) is 9.54. The molecule has 0 aliphatic heterocycles. The molecule has 0 aromatic heterocycles. The molecule has 0 spiro atoms. The van der Waals surface area contributed by atoms with E-state index in [1.165, 1.54) is 0 Å². The highest BCUT2D eigenvalue weighted by Crippen LogP contribution is 2.26. The van der Waals surface area contributed by atoms with E-state index in [2.05, 4.69) is 5.32 Å². The topological polar surface area (TPSA) is 58.6 Å². The fourth-order valence-corrected chi connectivity index (χ4v) is 1.78. The minimum atomic E-state index is -0.423. The summed E-state index contributed by atoms with van der Waals surface area (Å²) in [7, 11) is 0. The van der Waals surface area contributed by atoms with Crippen LogP contribution in [0.1, 0.15) is 18.4 Å². The van der Waals surface area contributed by atoms with Crippen LogP contribution in [0.5, 0.6) is 0 Å². The van der Waals surface area contributed by atoms with Gasteiger partial charge in [0.25, 0.3) is 0 Å². The van der Waals surface area contributed by atoms with Crippen LogP contribution in [0.25, 0.3) is 0 Å². The molecule has 4 heteroatoms. The fourth-order valence-electron chi connectivity index (χ4n) is 1.78. The Hall–Kier alpha value is -1.55. The van der Waals surface area contributed by atoms with E-state index in [9.17, 15) is 9.90 Å². The van der Waals surface area contributed by atoms with E-state index in [1.54, 1.807) is 0 Å². The molecule has 1 fully saturated rings. The molecular weight excluding hydrogens is 218 g/mol. The number of rotatable bonds is 4. The maximum Gasteiger partial charge on any atom is 0.407 e. The van der Waals surface area contributed by atoms with Crippen molar-refractivity contribution in [2.45, 2.75) is 25.6 Å². The van der Waals surface area contributed by atoms with Crippen LogP contribution in [-0.2, 0) is 11.3 Å². The van der Waals surface area contributed by atoms with Crippen LogP contribution in [0.2, 0.25) is 0 Å². The van der Waals surface area contributed by atoms with Crippen LogP contribution in [0.4, 0.5) is 4.79 Å². The Morgan fingerprint density at radius 1 is 1.35 bits per heavy atom. The van der Waals surface area contributed by atoms with E-state index in [-0.39, 0.29) is 18.6 Å². The molecule has 2 atom stereocenters. The Bertz CT molecular complexity index is 366. The number of hydrogen-bond acceptors (Lipinski definition) is 3. The number of benzene rings is 1. The Morgan fingerprint density at radius 3 is 2.71 bits per heavy atom. The van der Waals surface area contributed by atoms with Crippen molar-refractivity contribution in [1.82, 2.24) is 5.32 Å². The summed E-state index contributed by atoms with van der Waals surface area (Å²) in [5, 5.41) is 12.0. The number of aliphatic hydroxyl groups is 1. The first-order valence-corrected chi connectivity index (χ1v) is 5.88. The Kier molecular flexibility index (Phi) is 3.98. The van der Waals surface area contributed by atoms with Crippen LogP contribution in [-0.4, -0.2) is 23.8 Å². The molecular formula is C13H17NO3. The van der Waals surface area contributed by atoms with E-state index in [0.29, 0.717) is 6.54 Å². The number of aliphatic hydroxyl groups excluding tert-OH is 1. The monoisotopic (exact) mass is 235 g/mol. The van der Waals surface area contributed by atoms with Gasteiger partial charge in [-0.25, -0.2) is 4.79 Å². The molecule has 17 heavy (non-hydrogen) atoms. The van der Waals surface area contributed by atoms with Crippen LogP contribution >= 0.6 is 0 Å². The third-order valence-electron chi connectivity index (χ3n) is 3.10. The van der Waals surface area contributed by atoms with E-state index in [0.717, 1.165) is 18.4 Å². The summed E-state index contributed by atoms with van der Waals surface area (Å²) in [6.45, 7) is 0.773. The Balaban J connectivity index is 1.64. The maximum atomic E-state index is 11.4. The maximum absolute atomic E-state index is 11.4. The second kappa shape index (κ2) is 5.68. The van der Waals surface area contributed by atoms with Gasteiger partial charge in [-0.05, 0) is 18.4 Å². The van der Waals surface area contributed by atoms with Crippen molar-refractivity contribution in [3.05, 3.63) is 35.9 Å². The number of nitrogens with one attached hydrogen (secondary N) is 1. The molecule has 92 valence electrons. The van der Waals surface area contributed by atoms with Crippen molar-refractivity contribution < 1.29 is 14.6 Å². The second-order valence-electron chi connectivity index (χ2n) is 4.35. The van der Waals surface area contributed by atoms with Gasteiger partial charge < -0.3 is 15.2 Å². The van der Waals surface area contributed by atoms with Gasteiger partial charge in [0, 0.05) is 12.5 Å². The molecule has 2 N–H and O–H groups in total. The van der Waals surface area contributed by atoms with Crippen molar-refractivity contribution in [3.63, 3.8) is 0 Å². The summed E-state index contributed by atoms with van der Waals surface area (Å²) in [6.07, 6.45) is 1.13. The van der Waals surface area contributed by atoms with Gasteiger partial charge in [-0.15, -0.1) is 0 Å². The van der Waals surface area contributed by atoms with Crippen molar-refractivity contribution in [3.8, 4) is 0 Å². The molecule has 1 amide bonds. The SMILES string of the molecule is O=C(NC[C@H]1CC[C@@H]1O)OCc1ccccc1. The minimum Gasteiger partial charge on any atom is -0.445 e. The molecule has 0 bridgehead atoms. The van der Waals surface area contributed by atoms with Gasteiger partial charge in [-0.1, -0.05) is 30.3 Å². The largest absolute Gasteiger partial charge is 0.445 e. The molecule has 0 saturated heterocycles. The van der Waals surface area contributed by atoms with Crippen molar-refractivity contribution >= 4 is 6.09 Å². The van der Waals surface area contributed by atoms with Gasteiger partial charge >= 0.3 is 6.09 Å². The van der Waals surface area contributed by atoms with Gasteiger partial charge in [0.05, 0.1) is 6.10 Å². The summed E-state index contributed by atoms with van der Waals surface area (Å²) in [4.78, 5) is 11.4. The summed E-state index contributed by atoms with van der Waals surface area (Å²) < 4.78 is 5.05. The van der Waals surface area contributed by atoms with Gasteiger partial charge in [-0.2, -0.15) is 0 Å². The highest BCUT2D eigenvalue weighted by molar-refractivity contribution is 5.67. The van der Waals surface area contributed by atoms with Gasteiger partial charge in [0.1, 0.15) is 6.61 Å². The van der Waals surface area contributed by atoms with E-state index in [1.807, 2.05) is 30.3 Å². The Morgan fingerprint density at radius 2 is 2.12 bits per heavy atom. The second-order valence-corrected chi connectivity index (χ2v) is 4.35. The fraction of sp³-hybridized carbons (Fsp3) is 0.462. The number of carbonyl (C=O) groups excluding carboxylic acids is 1. The molecule has 2 rings (SSSR count). The van der Waals surface area contributed by atoms with Crippen molar-refractivity contribution in [1.29, 1.82) is 0 Å². The predicted molar refractivity (Wildman–Crippen MR) is 63.4 cm³/mol. The summed E-state index contributed by atoms with van der Waals surface area (Å²) in [5.41, 5.74) is 0.964. The number of alkyl carbamates (subject to hydrolysis) is 1. The van der Waals surface area contributed by atoms with Crippen LogP contribution in [0.15, 0.2) is 30.3 Å². The summed E-state index contributed by atoms with van der Waals surface area (Å²) in [5.74, 6) is 0.194. The lowest BCUT2D eigenvalue weighted by Gasteiger charge is -2.32. The van der Waals surface area contributed by atoms with Crippen molar-refractivity contribution in [2.75, 3.05) is 6.54 Å². The summed E-state index contributed by atoms with van der Waals surface area (Å²) >= 11 is 0. The average Bonchev–Trinajstić information content (AvgIpc) is 2.36. The smallest absolute Gasteiger partial charge is 0.407 e. The standard InChI is InChI=1S/C13H17NO3/c15-12-7-6-11(12)8-14-13(16)17-9-10-4-2-1-3-5-10/h1-5,11-12,15H,6-9H2,(H,14,16)/t11-,12+/m1/s1. The molecule has 1 saturated carbocycles. The zero-order valence-corrected chi connectivity index (χ0v) is 9.63. The highest BCUT2D eigenvalue weighted by atomic mass is 16.5. The van der Waals surface area contributed by atoms with Gasteiger partial charge in [0.2, 0.25) is 0 Å². The molecule has 1 aliphatic rings. The first kappa shape index (κ1) is 11.9. The third-order valence-corrected chi connectivity index (χ3v) is 3.10. The lowest BCUT2D eigenvalue weighted by Crippen LogP contribution is -2.41. The van der Waals surface area contributed by atoms with E-state index < -0.39 is 6.09 Å². The molecule has 0 unspecified atom stereocenters. The number of ether oxygens (including phenoxy) is 1. The highest BCUT2D eigenvalue weighted by Gasteiger charge is 2.28. The van der Waals surface area contributed by atoms with Crippen LogP contribution in [0.3, 0.4) is 0 Å². The number of carbonyl (C=O) groups is 1. The first-order valence-electron chi connectivity index (χ1n) is 5.88. The van der Waals surface area contributed by atoms with Crippen LogP contribution in [0, 0.1) is 5.92 Å². The zero-order chi connectivity index (χ0) is 12.1. The van der Waals surface area contributed by atoms with Crippen LogP contribution < -0.4 is 5.32 Å². The normalized spacial score (nSPS) is 22.6. The molecule has 1 aromatic carbocycles. The van der Waals surface area contributed by atoms with Gasteiger partial charge in [0.15, 0.2) is 0 Å². The molecule has 1 aromatic rings. The molecule has 1 aliphatic carbocycles. The lowest BCUT2D eigenvalue weighted by molar-refractivity contribution is 0.0239. The number of hydrogen-bond donors (Lipinski definition) is 2.